The van der Waals surface area contributed by atoms with Gasteiger partial charge in [-0.25, -0.2) is 4.98 Å². The molecule has 2 atom stereocenters. The number of piperidine rings is 1. The molecule has 0 bridgehead atoms. The van der Waals surface area contributed by atoms with Crippen LogP contribution >= 0.6 is 0 Å². The SMILES string of the molecule is Cc1ccc(-c2ccnn2C)c(C(=O)N2CCC[C@H](C)[C@@H]2CNc2ccc(C(F)(F)F)cn2)c1. The van der Waals surface area contributed by atoms with Gasteiger partial charge < -0.3 is 10.2 Å². The maximum absolute atomic E-state index is 13.8. The minimum atomic E-state index is -4.42. The molecule has 1 fully saturated rings. The Morgan fingerprint density at radius 2 is 2.00 bits per heavy atom. The standard InChI is InChI=1S/C25H28F3N5O/c1-16-6-8-19(21-10-11-31-32(21)3)20(13-16)24(34)33-12-4-5-17(2)22(33)15-30-23-9-7-18(14-29-23)25(26,27)28/h6-11,13-14,17,22H,4-5,12,15H2,1-3H3,(H,29,30)/t17-,22-/m0/s1. The van der Waals surface area contributed by atoms with Crippen molar-refractivity contribution in [3.05, 3.63) is 65.5 Å². The number of hydrogen-bond donors (Lipinski definition) is 1. The molecule has 9 heteroatoms. The number of rotatable bonds is 5. The van der Waals surface area contributed by atoms with Gasteiger partial charge in [-0.1, -0.05) is 24.6 Å². The number of pyridine rings is 1. The molecule has 0 saturated carbocycles. The molecule has 0 aliphatic carbocycles. The number of alkyl halides is 3. The predicted molar refractivity (Wildman–Crippen MR) is 124 cm³/mol. The summed E-state index contributed by atoms with van der Waals surface area (Å²) in [6.07, 6.45) is -0.0293. The summed E-state index contributed by atoms with van der Waals surface area (Å²) >= 11 is 0. The van der Waals surface area contributed by atoms with Crippen molar-refractivity contribution < 1.29 is 18.0 Å². The summed E-state index contributed by atoms with van der Waals surface area (Å²) in [6, 6.07) is 9.94. The average Bonchev–Trinajstić information content (AvgIpc) is 3.23. The molecule has 0 unspecified atom stereocenters. The molecule has 1 aliphatic heterocycles. The highest BCUT2D eigenvalue weighted by Crippen LogP contribution is 2.31. The zero-order chi connectivity index (χ0) is 24.5. The molecule has 1 aromatic carbocycles. The predicted octanol–water partition coefficient (Wildman–Crippen LogP) is 5.16. The van der Waals surface area contributed by atoms with Crippen molar-refractivity contribution in [1.29, 1.82) is 0 Å². The zero-order valence-corrected chi connectivity index (χ0v) is 19.4. The molecule has 6 nitrogen and oxygen atoms in total. The van der Waals surface area contributed by atoms with Crippen molar-refractivity contribution >= 4 is 11.7 Å². The number of carbonyl (C=O) groups excluding carboxylic acids is 1. The minimum Gasteiger partial charge on any atom is -0.368 e. The third kappa shape index (κ3) is 4.93. The number of anilines is 1. The number of amides is 1. The normalized spacial score (nSPS) is 18.7. The van der Waals surface area contributed by atoms with E-state index in [1.54, 1.807) is 10.9 Å². The summed E-state index contributed by atoms with van der Waals surface area (Å²) in [6.45, 7) is 5.08. The van der Waals surface area contributed by atoms with Gasteiger partial charge in [-0.2, -0.15) is 18.3 Å². The largest absolute Gasteiger partial charge is 0.417 e. The molecule has 34 heavy (non-hydrogen) atoms. The third-order valence-electron chi connectivity index (χ3n) is 6.46. The van der Waals surface area contributed by atoms with Crippen molar-refractivity contribution in [3.8, 4) is 11.3 Å². The van der Waals surface area contributed by atoms with Crippen molar-refractivity contribution in [2.45, 2.75) is 38.9 Å². The molecule has 180 valence electrons. The molecule has 0 radical (unpaired) electrons. The second kappa shape index (κ2) is 9.48. The molecule has 0 spiro atoms. The molecule has 1 saturated heterocycles. The van der Waals surface area contributed by atoms with E-state index in [1.165, 1.54) is 6.07 Å². The first-order valence-corrected chi connectivity index (χ1v) is 11.3. The first-order chi connectivity index (χ1) is 16.1. The first-order valence-electron chi connectivity index (χ1n) is 11.3. The highest BCUT2D eigenvalue weighted by molar-refractivity contribution is 6.01. The van der Waals surface area contributed by atoms with Crippen LogP contribution < -0.4 is 5.32 Å². The van der Waals surface area contributed by atoms with Gasteiger partial charge in [0.25, 0.3) is 5.91 Å². The Hall–Kier alpha value is -3.36. The lowest BCUT2D eigenvalue weighted by molar-refractivity contribution is -0.137. The smallest absolute Gasteiger partial charge is 0.368 e. The van der Waals surface area contributed by atoms with E-state index in [0.29, 0.717) is 24.5 Å². The number of hydrogen-bond acceptors (Lipinski definition) is 4. The van der Waals surface area contributed by atoms with Gasteiger partial charge in [-0.15, -0.1) is 0 Å². The number of likely N-dealkylation sites (tertiary alicyclic amines) is 1. The monoisotopic (exact) mass is 471 g/mol. The average molecular weight is 472 g/mol. The zero-order valence-electron chi connectivity index (χ0n) is 19.4. The Morgan fingerprint density at radius 1 is 1.21 bits per heavy atom. The van der Waals surface area contributed by atoms with Crippen LogP contribution in [0, 0.1) is 12.8 Å². The Balaban J connectivity index is 1.58. The summed E-state index contributed by atoms with van der Waals surface area (Å²) in [5, 5.41) is 7.38. The number of nitrogens with zero attached hydrogens (tertiary/aromatic N) is 4. The van der Waals surface area contributed by atoms with Gasteiger partial charge in [-0.3, -0.25) is 9.48 Å². The second-order valence-electron chi connectivity index (χ2n) is 8.89. The van der Waals surface area contributed by atoms with Crippen LogP contribution in [0.5, 0.6) is 0 Å². The van der Waals surface area contributed by atoms with Crippen molar-refractivity contribution in [2.24, 2.45) is 13.0 Å². The van der Waals surface area contributed by atoms with E-state index in [4.69, 9.17) is 0 Å². The third-order valence-corrected chi connectivity index (χ3v) is 6.46. The molecule has 1 N–H and O–H groups in total. The maximum atomic E-state index is 13.8. The van der Waals surface area contributed by atoms with Crippen LogP contribution in [0.1, 0.15) is 41.3 Å². The fraction of sp³-hybridized carbons (Fsp3) is 0.400. The Kier molecular flexibility index (Phi) is 6.63. The molecular formula is C25H28F3N5O. The summed E-state index contributed by atoms with van der Waals surface area (Å²) in [5.41, 5.74) is 2.50. The molecule has 4 rings (SSSR count). The van der Waals surface area contributed by atoms with Crippen LogP contribution in [-0.2, 0) is 13.2 Å². The van der Waals surface area contributed by atoms with E-state index < -0.39 is 11.7 Å². The molecule has 3 heterocycles. The summed E-state index contributed by atoms with van der Waals surface area (Å²) in [5.74, 6) is 0.521. The van der Waals surface area contributed by atoms with E-state index in [-0.39, 0.29) is 17.9 Å². The molecule has 3 aromatic rings. The number of carbonyl (C=O) groups is 1. The fourth-order valence-electron chi connectivity index (χ4n) is 4.54. The lowest BCUT2D eigenvalue weighted by atomic mass is 9.89. The lowest BCUT2D eigenvalue weighted by Crippen LogP contribution is -2.51. The highest BCUT2D eigenvalue weighted by Gasteiger charge is 2.34. The lowest BCUT2D eigenvalue weighted by Gasteiger charge is -2.40. The van der Waals surface area contributed by atoms with Crippen LogP contribution in [0.4, 0.5) is 19.0 Å². The Morgan fingerprint density at radius 3 is 2.65 bits per heavy atom. The van der Waals surface area contributed by atoms with Crippen LogP contribution in [-0.4, -0.2) is 44.7 Å². The number of aryl methyl sites for hydroxylation is 2. The van der Waals surface area contributed by atoms with Gasteiger partial charge in [0.1, 0.15) is 5.82 Å². The van der Waals surface area contributed by atoms with Gasteiger partial charge in [0.05, 0.1) is 17.3 Å². The van der Waals surface area contributed by atoms with E-state index in [0.717, 1.165) is 41.9 Å². The number of nitrogens with one attached hydrogen (secondary N) is 1. The van der Waals surface area contributed by atoms with E-state index in [9.17, 15) is 18.0 Å². The first kappa shape index (κ1) is 23.8. The second-order valence-corrected chi connectivity index (χ2v) is 8.89. The number of halogens is 3. The van der Waals surface area contributed by atoms with Crippen molar-refractivity contribution in [3.63, 3.8) is 0 Å². The van der Waals surface area contributed by atoms with Gasteiger partial charge >= 0.3 is 6.18 Å². The van der Waals surface area contributed by atoms with Crippen molar-refractivity contribution in [1.82, 2.24) is 19.7 Å². The fourth-order valence-corrected chi connectivity index (χ4v) is 4.54. The summed E-state index contributed by atoms with van der Waals surface area (Å²) in [7, 11) is 1.84. The van der Waals surface area contributed by atoms with Gasteiger partial charge in [0.2, 0.25) is 0 Å². The van der Waals surface area contributed by atoms with E-state index >= 15 is 0 Å². The maximum Gasteiger partial charge on any atom is 0.417 e. The molecular weight excluding hydrogens is 443 g/mol. The summed E-state index contributed by atoms with van der Waals surface area (Å²) < 4.78 is 40.2. The number of benzene rings is 1. The van der Waals surface area contributed by atoms with E-state index in [2.05, 4.69) is 22.3 Å². The highest BCUT2D eigenvalue weighted by atomic mass is 19.4. The topological polar surface area (TPSA) is 63.1 Å². The van der Waals surface area contributed by atoms with Crippen LogP contribution in [0.3, 0.4) is 0 Å². The molecule has 1 amide bonds. The van der Waals surface area contributed by atoms with Gasteiger partial charge in [0, 0.05) is 43.7 Å². The summed E-state index contributed by atoms with van der Waals surface area (Å²) in [4.78, 5) is 19.6. The van der Waals surface area contributed by atoms with Crippen LogP contribution in [0.25, 0.3) is 11.3 Å². The quantitative estimate of drug-likeness (QED) is 0.558. The van der Waals surface area contributed by atoms with Crippen molar-refractivity contribution in [2.75, 3.05) is 18.4 Å². The molecule has 1 aliphatic rings. The van der Waals surface area contributed by atoms with E-state index in [1.807, 2.05) is 43.1 Å². The Labute approximate surface area is 196 Å². The number of aromatic nitrogens is 3. The Bertz CT molecular complexity index is 1160. The molecule has 2 aromatic heterocycles. The van der Waals surface area contributed by atoms with Crippen LogP contribution in [0.2, 0.25) is 0 Å². The minimum absolute atomic E-state index is 0.0568. The van der Waals surface area contributed by atoms with Gasteiger partial charge in [-0.05, 0) is 49.9 Å². The van der Waals surface area contributed by atoms with Gasteiger partial charge in [0.15, 0.2) is 0 Å². The van der Waals surface area contributed by atoms with Crippen LogP contribution in [0.15, 0.2) is 48.8 Å².